The van der Waals surface area contributed by atoms with Crippen LogP contribution < -0.4 is 9.47 Å². The molecule has 8 rings (SSSR count). The van der Waals surface area contributed by atoms with E-state index in [0.717, 1.165) is 71.8 Å². The van der Waals surface area contributed by atoms with Gasteiger partial charge >= 0.3 is 0 Å². The molecule has 3 fully saturated rings. The minimum absolute atomic E-state index is 0.101. The summed E-state index contributed by atoms with van der Waals surface area (Å²) >= 11 is 0. The van der Waals surface area contributed by atoms with Crippen LogP contribution in [0.1, 0.15) is 48.8 Å². The van der Waals surface area contributed by atoms with Crippen molar-refractivity contribution in [2.75, 3.05) is 13.1 Å². The van der Waals surface area contributed by atoms with Crippen LogP contribution in [0.15, 0.2) is 60.7 Å². The molecule has 5 heteroatoms. The first-order chi connectivity index (χ1) is 18.6. The fraction of sp³-hybridized carbons (Fsp3) is 0.424. The lowest BCUT2D eigenvalue weighted by Crippen LogP contribution is -2.66. The molecule has 1 N–H and O–H groups in total. The molecule has 5 nitrogen and oxygen atoms in total. The summed E-state index contributed by atoms with van der Waals surface area (Å²) in [5.41, 5.74) is 5.31. The predicted octanol–water partition coefficient (Wildman–Crippen LogP) is 5.66. The number of phenols is 1. The Balaban J connectivity index is 1.20. The fourth-order valence-corrected chi connectivity index (χ4v) is 8.15. The third kappa shape index (κ3) is 3.24. The second kappa shape index (κ2) is 8.34. The second-order valence-electron chi connectivity index (χ2n) is 12.0. The maximum atomic E-state index is 13.2. The average Bonchev–Trinajstić information content (AvgIpc) is 3.69. The van der Waals surface area contributed by atoms with Gasteiger partial charge in [0.15, 0.2) is 23.4 Å². The van der Waals surface area contributed by atoms with E-state index < -0.39 is 6.10 Å². The van der Waals surface area contributed by atoms with Crippen molar-refractivity contribution in [3.63, 3.8) is 0 Å². The minimum atomic E-state index is -0.471. The summed E-state index contributed by atoms with van der Waals surface area (Å²) in [6, 6.07) is 20.9. The summed E-state index contributed by atoms with van der Waals surface area (Å²) in [6.07, 6.45) is 5.51. The second-order valence-corrected chi connectivity index (χ2v) is 12.0. The van der Waals surface area contributed by atoms with Gasteiger partial charge in [0.1, 0.15) is 12.4 Å². The van der Waals surface area contributed by atoms with Gasteiger partial charge in [-0.1, -0.05) is 54.6 Å². The van der Waals surface area contributed by atoms with Gasteiger partial charge in [-0.2, -0.15) is 0 Å². The van der Waals surface area contributed by atoms with Crippen LogP contribution >= 0.6 is 0 Å². The van der Waals surface area contributed by atoms with E-state index in [0.29, 0.717) is 30.7 Å². The number of rotatable bonds is 6. The van der Waals surface area contributed by atoms with Gasteiger partial charge in [0.25, 0.3) is 0 Å². The van der Waals surface area contributed by atoms with Crippen molar-refractivity contribution in [2.24, 2.45) is 11.8 Å². The van der Waals surface area contributed by atoms with Gasteiger partial charge in [0.2, 0.25) is 0 Å². The van der Waals surface area contributed by atoms with Crippen molar-refractivity contribution in [2.45, 2.75) is 62.7 Å². The molecule has 0 radical (unpaired) electrons. The molecule has 0 amide bonds. The lowest BCUT2D eigenvalue weighted by atomic mass is 9.51. The summed E-state index contributed by atoms with van der Waals surface area (Å²) in [5, 5.41) is 11.2. The number of nitrogens with zero attached hydrogens (tertiary/aromatic N) is 1. The summed E-state index contributed by atoms with van der Waals surface area (Å²) in [6.45, 7) is 2.57. The number of carbonyl (C=O) groups is 1. The number of benzene rings is 3. The molecular formula is C33H33NO4. The molecule has 194 valence electrons. The van der Waals surface area contributed by atoms with Crippen LogP contribution in [0.2, 0.25) is 0 Å². The normalized spacial score (nSPS) is 29.1. The van der Waals surface area contributed by atoms with Crippen LogP contribution in [0, 0.1) is 11.8 Å². The Kier molecular flexibility index (Phi) is 4.97. The van der Waals surface area contributed by atoms with Crippen LogP contribution in [0.5, 0.6) is 17.2 Å². The van der Waals surface area contributed by atoms with E-state index in [4.69, 9.17) is 9.47 Å². The van der Waals surface area contributed by atoms with E-state index in [1.54, 1.807) is 6.07 Å². The van der Waals surface area contributed by atoms with Gasteiger partial charge in [-0.15, -0.1) is 0 Å². The molecule has 3 aromatic rings. The third-order valence-electron chi connectivity index (χ3n) is 9.99. The number of Topliss-reactive ketones (excluding diaryl/α,β-unsaturated/α-hetero) is 1. The molecule has 0 unspecified atom stereocenters. The van der Waals surface area contributed by atoms with Gasteiger partial charge in [-0.25, -0.2) is 0 Å². The predicted molar refractivity (Wildman–Crippen MR) is 145 cm³/mol. The summed E-state index contributed by atoms with van der Waals surface area (Å²) in [4.78, 5) is 15.9. The monoisotopic (exact) mass is 507 g/mol. The van der Waals surface area contributed by atoms with E-state index in [1.807, 2.05) is 12.1 Å². The zero-order chi connectivity index (χ0) is 25.4. The van der Waals surface area contributed by atoms with Crippen LogP contribution in [0.4, 0.5) is 0 Å². The van der Waals surface area contributed by atoms with E-state index in [-0.39, 0.29) is 16.9 Å². The molecular weight excluding hydrogens is 474 g/mol. The van der Waals surface area contributed by atoms with E-state index in [2.05, 4.69) is 47.4 Å². The van der Waals surface area contributed by atoms with Crippen LogP contribution in [0.3, 0.4) is 0 Å². The lowest BCUT2D eigenvalue weighted by molar-refractivity contribution is -0.138. The fourth-order valence-electron chi connectivity index (χ4n) is 8.15. The molecule has 2 bridgehead atoms. The number of ketones is 1. The van der Waals surface area contributed by atoms with E-state index in [1.165, 1.54) is 12.8 Å². The molecule has 2 saturated carbocycles. The Bertz CT molecular complexity index is 1430. The lowest BCUT2D eigenvalue weighted by Gasteiger charge is -2.57. The highest BCUT2D eigenvalue weighted by Gasteiger charge is 2.66. The standard InChI is InChI=1S/C33H33NO4/c35-27-13-12-25-26-16-24-29(37-19-22-8-4-5-9-23(22)21-6-2-1-3-7-21)17-28(36)31-30(24)33(25,32(27)38-31)14-15-34(26)18-20-10-11-20/h1-9,17,20,25-26,32,36H,10-16,18-19H2/t25-,26+,32-,33-/m0/s1. The first-order valence-corrected chi connectivity index (χ1v) is 14.2. The van der Waals surface area contributed by atoms with Crippen LogP contribution in [-0.4, -0.2) is 41.0 Å². The Morgan fingerprint density at radius 2 is 1.87 bits per heavy atom. The van der Waals surface area contributed by atoms with Crippen molar-refractivity contribution in [1.29, 1.82) is 0 Å². The van der Waals surface area contributed by atoms with Gasteiger partial charge in [-0.05, 0) is 67.2 Å². The largest absolute Gasteiger partial charge is 0.504 e. The van der Waals surface area contributed by atoms with Gasteiger partial charge < -0.3 is 14.6 Å². The zero-order valence-electron chi connectivity index (χ0n) is 21.6. The molecule has 4 atom stereocenters. The maximum Gasteiger partial charge on any atom is 0.174 e. The van der Waals surface area contributed by atoms with E-state index >= 15 is 0 Å². The number of carbonyl (C=O) groups excluding carboxylic acids is 1. The molecule has 5 aliphatic rings. The summed E-state index contributed by atoms with van der Waals surface area (Å²) in [7, 11) is 0. The van der Waals surface area contributed by atoms with Crippen molar-refractivity contribution < 1.29 is 19.4 Å². The Hall–Kier alpha value is -3.31. The van der Waals surface area contributed by atoms with Crippen molar-refractivity contribution in [3.05, 3.63) is 77.4 Å². The molecule has 38 heavy (non-hydrogen) atoms. The van der Waals surface area contributed by atoms with Crippen molar-refractivity contribution >= 4 is 5.78 Å². The molecule has 3 aliphatic carbocycles. The number of aromatic hydroxyl groups is 1. The smallest absolute Gasteiger partial charge is 0.174 e. The highest BCUT2D eigenvalue weighted by molar-refractivity contribution is 5.89. The van der Waals surface area contributed by atoms with Gasteiger partial charge in [0.05, 0.1) is 0 Å². The number of phenolic OH excluding ortho intramolecular Hbond substituents is 1. The number of piperidine rings is 1. The topological polar surface area (TPSA) is 59.0 Å². The SMILES string of the molecule is O=C1CC[C@H]2[C@H]3Cc4c(OCc5ccccc5-c5ccccc5)cc(O)c5c4[C@@]2(CCN3CC2CC2)[C@H]1O5. The zero-order valence-corrected chi connectivity index (χ0v) is 21.6. The quantitative estimate of drug-likeness (QED) is 0.467. The first-order valence-electron chi connectivity index (χ1n) is 14.2. The Labute approximate surface area is 223 Å². The first kappa shape index (κ1) is 22.7. The minimum Gasteiger partial charge on any atom is -0.504 e. The molecule has 2 heterocycles. The van der Waals surface area contributed by atoms with Crippen LogP contribution in [0.25, 0.3) is 11.1 Å². The molecule has 1 saturated heterocycles. The van der Waals surface area contributed by atoms with Gasteiger partial charge in [0, 0.05) is 41.6 Å². The van der Waals surface area contributed by atoms with Crippen LogP contribution in [-0.2, 0) is 23.2 Å². The van der Waals surface area contributed by atoms with Gasteiger partial charge in [-0.3, -0.25) is 9.69 Å². The number of ether oxygens (including phenoxy) is 2. The summed E-state index contributed by atoms with van der Waals surface area (Å²) in [5.74, 6) is 2.79. The highest BCUT2D eigenvalue weighted by atomic mass is 16.5. The Morgan fingerprint density at radius 3 is 2.71 bits per heavy atom. The highest BCUT2D eigenvalue weighted by Crippen LogP contribution is 2.64. The number of likely N-dealkylation sites (tertiary alicyclic amines) is 1. The molecule has 1 spiro atoms. The van der Waals surface area contributed by atoms with E-state index in [9.17, 15) is 9.90 Å². The molecule has 3 aromatic carbocycles. The molecule has 0 aromatic heterocycles. The third-order valence-corrected chi connectivity index (χ3v) is 9.99. The maximum absolute atomic E-state index is 13.2. The Morgan fingerprint density at radius 1 is 1.05 bits per heavy atom. The number of hydrogen-bond acceptors (Lipinski definition) is 5. The van der Waals surface area contributed by atoms with Crippen molar-refractivity contribution in [3.8, 4) is 28.4 Å². The van der Waals surface area contributed by atoms with Crippen molar-refractivity contribution in [1.82, 2.24) is 4.90 Å². The number of hydrogen-bond donors (Lipinski definition) is 1. The average molecular weight is 508 g/mol. The summed E-state index contributed by atoms with van der Waals surface area (Å²) < 4.78 is 13.0. The molecule has 2 aliphatic heterocycles.